The van der Waals surface area contributed by atoms with Gasteiger partial charge in [-0.3, -0.25) is 19.4 Å². The number of amides is 1. The van der Waals surface area contributed by atoms with Crippen molar-refractivity contribution in [3.63, 3.8) is 0 Å². The number of rotatable bonds is 7. The van der Waals surface area contributed by atoms with Crippen molar-refractivity contribution >= 4 is 11.7 Å². The third-order valence-electron chi connectivity index (χ3n) is 6.66. The normalized spacial score (nSPS) is 22.3. The fourth-order valence-electron chi connectivity index (χ4n) is 4.69. The molecule has 7 nitrogen and oxygen atoms in total. The van der Waals surface area contributed by atoms with Gasteiger partial charge in [0.2, 0.25) is 0 Å². The van der Waals surface area contributed by atoms with Crippen molar-refractivity contribution in [2.75, 3.05) is 65.6 Å². The summed E-state index contributed by atoms with van der Waals surface area (Å²) < 4.78 is 5.42. The standard InChI is InChI=1S/C22H34N4O3/c27-21(19-15-20(23-16-19)22(28)26-6-1-2-7-26)17-25-9-4-18(5-10-25)3-8-24-11-13-29-14-12-24/h15-16,18,23H,1-14,17H2. The summed E-state index contributed by atoms with van der Waals surface area (Å²) >= 11 is 0. The van der Waals surface area contributed by atoms with Crippen molar-refractivity contribution in [2.45, 2.75) is 32.1 Å². The fourth-order valence-corrected chi connectivity index (χ4v) is 4.69. The second-order valence-corrected chi connectivity index (χ2v) is 8.69. The quantitative estimate of drug-likeness (QED) is 0.705. The average molecular weight is 403 g/mol. The summed E-state index contributed by atoms with van der Waals surface area (Å²) in [6, 6.07) is 1.73. The Labute approximate surface area is 173 Å². The average Bonchev–Trinajstić information content (AvgIpc) is 3.46. The molecule has 3 aliphatic heterocycles. The zero-order valence-electron chi connectivity index (χ0n) is 17.4. The number of nitrogens with one attached hydrogen (secondary N) is 1. The Bertz CT molecular complexity index is 684. The second kappa shape index (κ2) is 9.87. The van der Waals surface area contributed by atoms with E-state index < -0.39 is 0 Å². The smallest absolute Gasteiger partial charge is 0.270 e. The predicted octanol–water partition coefficient (Wildman–Crippen LogP) is 1.87. The van der Waals surface area contributed by atoms with Gasteiger partial charge in [-0.25, -0.2) is 0 Å². The number of hydrogen-bond acceptors (Lipinski definition) is 5. The molecule has 3 aliphatic rings. The highest BCUT2D eigenvalue weighted by atomic mass is 16.5. The minimum atomic E-state index is 0.0163. The van der Waals surface area contributed by atoms with E-state index in [1.165, 1.54) is 25.8 Å². The van der Waals surface area contributed by atoms with E-state index in [9.17, 15) is 9.59 Å². The summed E-state index contributed by atoms with van der Waals surface area (Å²) in [5.74, 6) is 0.886. The van der Waals surface area contributed by atoms with E-state index >= 15 is 0 Å². The van der Waals surface area contributed by atoms with Crippen molar-refractivity contribution in [3.05, 3.63) is 23.5 Å². The molecule has 3 saturated heterocycles. The number of likely N-dealkylation sites (tertiary alicyclic amines) is 2. The number of aromatic amines is 1. The van der Waals surface area contributed by atoms with Crippen LogP contribution in [0.2, 0.25) is 0 Å². The highest BCUT2D eigenvalue weighted by molar-refractivity contribution is 6.01. The van der Waals surface area contributed by atoms with E-state index in [2.05, 4.69) is 14.8 Å². The summed E-state index contributed by atoms with van der Waals surface area (Å²) in [5.41, 5.74) is 1.17. The van der Waals surface area contributed by atoms with Gasteiger partial charge in [-0.05, 0) is 63.7 Å². The Kier molecular flexibility index (Phi) is 7.00. The Morgan fingerprint density at radius 2 is 1.72 bits per heavy atom. The van der Waals surface area contributed by atoms with E-state index in [1.54, 1.807) is 12.3 Å². The first-order valence-corrected chi connectivity index (χ1v) is 11.2. The number of ether oxygens (including phenoxy) is 1. The molecule has 1 aromatic rings. The Morgan fingerprint density at radius 1 is 1.00 bits per heavy atom. The minimum absolute atomic E-state index is 0.0163. The third kappa shape index (κ3) is 5.47. The summed E-state index contributed by atoms with van der Waals surface area (Å²) in [6.45, 7) is 9.10. The monoisotopic (exact) mass is 402 g/mol. The van der Waals surface area contributed by atoms with Gasteiger partial charge >= 0.3 is 0 Å². The van der Waals surface area contributed by atoms with Gasteiger partial charge in [0.05, 0.1) is 19.8 Å². The topological polar surface area (TPSA) is 68.9 Å². The molecule has 0 bridgehead atoms. The lowest BCUT2D eigenvalue weighted by Gasteiger charge is -2.33. The maximum atomic E-state index is 12.7. The van der Waals surface area contributed by atoms with Gasteiger partial charge in [0.1, 0.15) is 5.69 Å². The van der Waals surface area contributed by atoms with E-state index in [0.717, 1.165) is 71.2 Å². The van der Waals surface area contributed by atoms with Gasteiger partial charge in [-0.1, -0.05) is 0 Å². The second-order valence-electron chi connectivity index (χ2n) is 8.69. The Balaban J connectivity index is 1.19. The number of H-pyrrole nitrogens is 1. The lowest BCUT2D eigenvalue weighted by molar-refractivity contribution is 0.0335. The molecule has 0 radical (unpaired) electrons. The first-order chi connectivity index (χ1) is 14.2. The number of ketones is 1. The maximum Gasteiger partial charge on any atom is 0.270 e. The van der Waals surface area contributed by atoms with Crippen LogP contribution in [0, 0.1) is 5.92 Å². The summed E-state index contributed by atoms with van der Waals surface area (Å²) in [5, 5.41) is 0. The molecule has 160 valence electrons. The van der Waals surface area contributed by atoms with Gasteiger partial charge < -0.3 is 14.6 Å². The van der Waals surface area contributed by atoms with Crippen LogP contribution in [0.25, 0.3) is 0 Å². The van der Waals surface area contributed by atoms with Crippen LogP contribution in [0.3, 0.4) is 0 Å². The number of nitrogens with zero attached hydrogens (tertiary/aromatic N) is 3. The van der Waals surface area contributed by atoms with Crippen LogP contribution >= 0.6 is 0 Å². The SMILES string of the molecule is O=C(CN1CCC(CCN2CCOCC2)CC1)c1c[nH]c(C(=O)N2CCCC2)c1. The van der Waals surface area contributed by atoms with E-state index in [0.29, 0.717) is 17.8 Å². The van der Waals surface area contributed by atoms with Crippen molar-refractivity contribution in [1.82, 2.24) is 19.7 Å². The van der Waals surface area contributed by atoms with Crippen LogP contribution in [0.15, 0.2) is 12.3 Å². The molecule has 0 unspecified atom stereocenters. The highest BCUT2D eigenvalue weighted by Gasteiger charge is 2.24. The lowest BCUT2D eigenvalue weighted by atomic mass is 9.93. The van der Waals surface area contributed by atoms with E-state index in [-0.39, 0.29) is 11.7 Å². The van der Waals surface area contributed by atoms with Crippen molar-refractivity contribution < 1.29 is 14.3 Å². The minimum Gasteiger partial charge on any atom is -0.379 e. The highest BCUT2D eigenvalue weighted by Crippen LogP contribution is 2.21. The van der Waals surface area contributed by atoms with E-state index in [1.807, 2.05) is 4.90 Å². The molecule has 7 heteroatoms. The first kappa shape index (κ1) is 20.6. The molecule has 0 aromatic carbocycles. The number of carbonyl (C=O) groups is 2. The molecule has 1 N–H and O–H groups in total. The van der Waals surface area contributed by atoms with Crippen molar-refractivity contribution in [3.8, 4) is 0 Å². The molecule has 0 spiro atoms. The molecule has 1 amide bonds. The molecule has 0 aliphatic carbocycles. The van der Waals surface area contributed by atoms with Crippen LogP contribution in [0.5, 0.6) is 0 Å². The predicted molar refractivity (Wildman–Crippen MR) is 111 cm³/mol. The summed E-state index contributed by atoms with van der Waals surface area (Å²) in [7, 11) is 0. The summed E-state index contributed by atoms with van der Waals surface area (Å²) in [4.78, 5) is 34.8. The van der Waals surface area contributed by atoms with Crippen LogP contribution in [0.4, 0.5) is 0 Å². The van der Waals surface area contributed by atoms with Gasteiger partial charge in [-0.2, -0.15) is 0 Å². The van der Waals surface area contributed by atoms with Gasteiger partial charge in [0, 0.05) is 37.9 Å². The zero-order valence-corrected chi connectivity index (χ0v) is 17.4. The molecular weight excluding hydrogens is 368 g/mol. The largest absolute Gasteiger partial charge is 0.379 e. The number of aromatic nitrogens is 1. The van der Waals surface area contributed by atoms with Crippen LogP contribution < -0.4 is 0 Å². The maximum absolute atomic E-state index is 12.7. The molecule has 29 heavy (non-hydrogen) atoms. The van der Waals surface area contributed by atoms with Crippen molar-refractivity contribution in [2.24, 2.45) is 5.92 Å². The third-order valence-corrected chi connectivity index (χ3v) is 6.66. The Morgan fingerprint density at radius 3 is 2.45 bits per heavy atom. The van der Waals surface area contributed by atoms with Gasteiger partial charge in [0.25, 0.3) is 5.91 Å². The molecule has 3 fully saturated rings. The number of carbonyl (C=O) groups excluding carboxylic acids is 2. The molecule has 0 saturated carbocycles. The van der Waals surface area contributed by atoms with Crippen LogP contribution in [-0.4, -0.2) is 96.9 Å². The van der Waals surface area contributed by atoms with Crippen LogP contribution in [-0.2, 0) is 4.74 Å². The van der Waals surface area contributed by atoms with Gasteiger partial charge in [0.15, 0.2) is 5.78 Å². The fraction of sp³-hybridized carbons (Fsp3) is 0.727. The molecule has 1 aromatic heterocycles. The number of morpholine rings is 1. The number of hydrogen-bond donors (Lipinski definition) is 1. The molecule has 0 atom stereocenters. The van der Waals surface area contributed by atoms with Crippen molar-refractivity contribution in [1.29, 1.82) is 0 Å². The lowest BCUT2D eigenvalue weighted by Crippen LogP contribution is -2.40. The zero-order chi connectivity index (χ0) is 20.1. The first-order valence-electron chi connectivity index (χ1n) is 11.2. The summed E-state index contributed by atoms with van der Waals surface area (Å²) in [6.07, 6.45) is 7.43. The van der Waals surface area contributed by atoms with Gasteiger partial charge in [-0.15, -0.1) is 0 Å². The molecular formula is C22H34N4O3. The number of piperidine rings is 1. The van der Waals surface area contributed by atoms with E-state index in [4.69, 9.17) is 4.74 Å². The molecule has 4 heterocycles. The van der Waals surface area contributed by atoms with Crippen LogP contribution in [0.1, 0.15) is 53.0 Å². The Hall–Kier alpha value is -1.70. The molecule has 4 rings (SSSR count). The number of Topliss-reactive ketones (excluding diaryl/α,β-unsaturated/α-hetero) is 1.